The van der Waals surface area contributed by atoms with Crippen molar-refractivity contribution in [2.45, 2.75) is 102 Å². The zero-order valence-electron chi connectivity index (χ0n) is 24.7. The third kappa shape index (κ3) is 4.16. The summed E-state index contributed by atoms with van der Waals surface area (Å²) >= 11 is 0. The maximum atomic E-state index is 13.8. The van der Waals surface area contributed by atoms with Gasteiger partial charge >= 0.3 is 17.9 Å². The van der Waals surface area contributed by atoms with Crippen molar-refractivity contribution in [1.29, 1.82) is 0 Å². The Bertz CT molecular complexity index is 1300. The van der Waals surface area contributed by atoms with Gasteiger partial charge in [0, 0.05) is 25.7 Å². The van der Waals surface area contributed by atoms with Gasteiger partial charge < -0.3 is 39.4 Å². The number of fused-ring (bicyclic) bond motifs is 4. The lowest BCUT2D eigenvalue weighted by atomic mass is 9.49. The van der Waals surface area contributed by atoms with Crippen LogP contribution in [0.2, 0.25) is 0 Å². The van der Waals surface area contributed by atoms with E-state index >= 15 is 0 Å². The first-order valence-electron chi connectivity index (χ1n) is 14.2. The molecule has 4 aliphatic rings. The van der Waals surface area contributed by atoms with Crippen molar-refractivity contribution in [1.82, 2.24) is 0 Å². The maximum Gasteiger partial charge on any atom is 0.338 e. The smallest absolute Gasteiger partial charge is 0.338 e. The van der Waals surface area contributed by atoms with E-state index in [1.807, 2.05) is 0 Å². The predicted molar refractivity (Wildman–Crippen MR) is 146 cm³/mol. The van der Waals surface area contributed by atoms with Crippen LogP contribution in [0, 0.1) is 16.7 Å². The third-order valence-electron chi connectivity index (χ3n) is 10.3. The Labute approximate surface area is 244 Å². The van der Waals surface area contributed by atoms with Gasteiger partial charge in [0.1, 0.15) is 24.4 Å². The normalized spacial score (nSPS) is 41.0. The number of hydrogen-bond acceptors (Lipinski definition) is 11. The molecule has 3 fully saturated rings. The Morgan fingerprint density at radius 2 is 1.67 bits per heavy atom. The fourth-order valence-corrected chi connectivity index (χ4v) is 8.36. The minimum Gasteiger partial charge on any atom is -0.462 e. The lowest BCUT2D eigenvalue weighted by Crippen LogP contribution is -2.79. The molecule has 230 valence electrons. The highest BCUT2D eigenvalue weighted by Gasteiger charge is 2.79. The molecule has 5 rings (SSSR count). The Morgan fingerprint density at radius 3 is 2.19 bits per heavy atom. The molecular weight excluding hydrogens is 548 g/mol. The van der Waals surface area contributed by atoms with Crippen LogP contribution >= 0.6 is 0 Å². The molecule has 1 aromatic rings. The van der Waals surface area contributed by atoms with Crippen LogP contribution in [0.25, 0.3) is 0 Å². The molecule has 3 aliphatic carbocycles. The summed E-state index contributed by atoms with van der Waals surface area (Å²) in [6.45, 7) is 8.50. The molecule has 1 saturated heterocycles. The van der Waals surface area contributed by atoms with Gasteiger partial charge in [-0.2, -0.15) is 0 Å². The minimum absolute atomic E-state index is 0.0269. The molecule has 0 aromatic heterocycles. The van der Waals surface area contributed by atoms with Crippen LogP contribution in [0.1, 0.15) is 64.7 Å². The summed E-state index contributed by atoms with van der Waals surface area (Å²) in [5.41, 5.74) is -5.87. The maximum absolute atomic E-state index is 13.8. The first kappa shape index (κ1) is 30.6. The fraction of sp³-hybridized carbons (Fsp3) is 0.645. The van der Waals surface area contributed by atoms with Gasteiger partial charge in [-0.1, -0.05) is 25.1 Å². The van der Waals surface area contributed by atoms with Crippen molar-refractivity contribution >= 4 is 17.9 Å². The van der Waals surface area contributed by atoms with E-state index in [2.05, 4.69) is 0 Å². The van der Waals surface area contributed by atoms with Crippen LogP contribution < -0.4 is 0 Å². The second kappa shape index (κ2) is 10.1. The number of carbonyl (C=O) groups excluding carboxylic acids is 3. The molecular formula is C31H40O11. The quantitative estimate of drug-likeness (QED) is 0.223. The van der Waals surface area contributed by atoms with E-state index in [-0.39, 0.29) is 30.6 Å². The Hall–Kier alpha value is -2.83. The van der Waals surface area contributed by atoms with Gasteiger partial charge in [-0.3, -0.25) is 9.59 Å². The van der Waals surface area contributed by atoms with E-state index in [1.165, 1.54) is 27.7 Å². The first-order valence-corrected chi connectivity index (χ1v) is 14.2. The highest BCUT2D eigenvalue weighted by molar-refractivity contribution is 5.89. The van der Waals surface area contributed by atoms with Crippen molar-refractivity contribution < 1.29 is 53.8 Å². The Balaban J connectivity index is 1.85. The molecule has 1 heterocycles. The lowest BCUT2D eigenvalue weighted by Gasteiger charge is -2.65. The van der Waals surface area contributed by atoms with Gasteiger partial charge in [0.25, 0.3) is 0 Å². The van der Waals surface area contributed by atoms with Gasteiger partial charge in [0.05, 0.1) is 41.3 Å². The van der Waals surface area contributed by atoms with Crippen LogP contribution in [-0.4, -0.2) is 92.8 Å². The van der Waals surface area contributed by atoms with Gasteiger partial charge in [0.2, 0.25) is 0 Å². The van der Waals surface area contributed by atoms with Crippen LogP contribution in [0.15, 0.2) is 41.5 Å². The second-order valence-electron chi connectivity index (χ2n) is 13.0. The molecule has 42 heavy (non-hydrogen) atoms. The van der Waals surface area contributed by atoms with E-state index in [0.29, 0.717) is 5.57 Å². The summed E-state index contributed by atoms with van der Waals surface area (Å²) in [7, 11) is 0. The summed E-state index contributed by atoms with van der Waals surface area (Å²) in [5.74, 6) is -3.24. The SMILES string of the molecule is CC(=O)O[C@H]1C[C@H]2OC[C@@]2(OC(C)=O)C2C(OC(=O)c3ccccc3)[C@]3(C(C)(C)O)CC(O)C(C)=C3[C@@H](O)C(O)[C@@]21C. The van der Waals surface area contributed by atoms with E-state index in [9.17, 15) is 34.8 Å². The molecule has 1 aromatic carbocycles. The number of carbonyl (C=O) groups is 3. The average molecular weight is 589 g/mol. The summed E-state index contributed by atoms with van der Waals surface area (Å²) < 4.78 is 24.1. The molecule has 4 unspecified atom stereocenters. The monoisotopic (exact) mass is 588 g/mol. The van der Waals surface area contributed by atoms with Gasteiger partial charge in [0.15, 0.2) is 5.60 Å². The number of hydrogen-bond donors (Lipinski definition) is 4. The average Bonchev–Trinajstić information content (AvgIpc) is 3.15. The van der Waals surface area contributed by atoms with E-state index < -0.39 is 82.5 Å². The van der Waals surface area contributed by atoms with Crippen LogP contribution in [0.4, 0.5) is 0 Å². The van der Waals surface area contributed by atoms with Gasteiger partial charge in [-0.05, 0) is 50.5 Å². The zero-order valence-corrected chi connectivity index (χ0v) is 24.7. The second-order valence-corrected chi connectivity index (χ2v) is 13.0. The molecule has 11 nitrogen and oxygen atoms in total. The van der Waals surface area contributed by atoms with Gasteiger partial charge in [-0.15, -0.1) is 0 Å². The minimum atomic E-state index is -1.76. The number of aliphatic hydroxyl groups excluding tert-OH is 3. The van der Waals surface area contributed by atoms with Crippen molar-refractivity contribution in [2.75, 3.05) is 6.61 Å². The highest BCUT2D eigenvalue weighted by Crippen LogP contribution is 2.68. The molecule has 2 saturated carbocycles. The molecule has 11 heteroatoms. The van der Waals surface area contributed by atoms with E-state index in [0.717, 1.165) is 0 Å². The summed E-state index contributed by atoms with van der Waals surface area (Å²) in [4.78, 5) is 38.9. The topological polar surface area (TPSA) is 169 Å². The summed E-state index contributed by atoms with van der Waals surface area (Å²) in [5, 5.41) is 47.3. The standard InChI is InChI=1S/C31H40O11/c1-15-19(34)13-30(28(4,5)38)22(15)23(35)25(36)29(6)20(40-16(2)32)12-21-31(14-39-21,42-17(3)33)24(29)26(30)41-27(37)18-10-8-7-9-11-18/h7-11,19-21,23-26,34-36,38H,12-14H2,1-6H3/t19?,20-,21+,23+,24?,25?,26?,29+,30-,31-/m0/s1. The Kier molecular flexibility index (Phi) is 7.38. The molecule has 4 N–H and O–H groups in total. The number of rotatable bonds is 5. The van der Waals surface area contributed by atoms with Crippen molar-refractivity contribution in [3.05, 3.63) is 47.0 Å². The van der Waals surface area contributed by atoms with Crippen molar-refractivity contribution in [3.8, 4) is 0 Å². The van der Waals surface area contributed by atoms with Crippen LogP contribution in [-0.2, 0) is 28.5 Å². The molecule has 0 amide bonds. The van der Waals surface area contributed by atoms with Gasteiger partial charge in [-0.25, -0.2) is 4.79 Å². The fourth-order valence-electron chi connectivity index (χ4n) is 8.36. The highest BCUT2D eigenvalue weighted by atomic mass is 16.6. The zero-order chi connectivity index (χ0) is 31.0. The predicted octanol–water partition coefficient (Wildman–Crippen LogP) is 1.44. The van der Waals surface area contributed by atoms with Crippen LogP contribution in [0.3, 0.4) is 0 Å². The van der Waals surface area contributed by atoms with Crippen molar-refractivity contribution in [3.63, 3.8) is 0 Å². The van der Waals surface area contributed by atoms with E-state index in [4.69, 9.17) is 18.9 Å². The molecule has 0 radical (unpaired) electrons. The molecule has 0 bridgehead atoms. The van der Waals surface area contributed by atoms with Crippen molar-refractivity contribution in [2.24, 2.45) is 16.7 Å². The largest absolute Gasteiger partial charge is 0.462 e. The summed E-state index contributed by atoms with van der Waals surface area (Å²) in [6.07, 6.45) is -7.93. The number of ether oxygens (including phenoxy) is 4. The number of esters is 3. The number of benzene rings is 1. The Morgan fingerprint density at radius 1 is 1.02 bits per heavy atom. The van der Waals surface area contributed by atoms with Crippen LogP contribution in [0.5, 0.6) is 0 Å². The molecule has 10 atom stereocenters. The number of aliphatic hydroxyl groups is 4. The lowest BCUT2D eigenvalue weighted by molar-refractivity contribution is -0.351. The molecule has 1 aliphatic heterocycles. The summed E-state index contributed by atoms with van der Waals surface area (Å²) in [6, 6.07) is 8.18. The third-order valence-corrected chi connectivity index (χ3v) is 10.3. The molecule has 0 spiro atoms. The first-order chi connectivity index (χ1) is 19.5. The van der Waals surface area contributed by atoms with E-state index in [1.54, 1.807) is 44.2 Å².